The van der Waals surface area contributed by atoms with E-state index in [1.54, 1.807) is 0 Å². The summed E-state index contributed by atoms with van der Waals surface area (Å²) in [5, 5.41) is 0. The van der Waals surface area contributed by atoms with Crippen LogP contribution in [-0.2, 0) is 14.3 Å². The summed E-state index contributed by atoms with van der Waals surface area (Å²) in [4.78, 5) is 23.5. The number of carbonyl (C=O) groups excluding carboxylic acids is 2. The molecule has 0 aromatic rings. The van der Waals surface area contributed by atoms with Crippen molar-refractivity contribution in [2.45, 2.75) is 136 Å². The van der Waals surface area contributed by atoms with E-state index in [4.69, 9.17) is 4.74 Å². The number of ether oxygens (including phenoxy) is 1. The molecule has 0 spiro atoms. The van der Waals surface area contributed by atoms with E-state index >= 15 is 0 Å². The van der Waals surface area contributed by atoms with Crippen molar-refractivity contribution in [2.75, 3.05) is 0 Å². The molecule has 0 aromatic carbocycles. The second-order valence-electron chi connectivity index (χ2n) is 8.67. The third-order valence-corrected chi connectivity index (χ3v) is 5.49. The molecule has 0 fully saturated rings. The van der Waals surface area contributed by atoms with E-state index in [0.29, 0.717) is 12.8 Å². The van der Waals surface area contributed by atoms with Crippen molar-refractivity contribution in [1.29, 1.82) is 0 Å². The molecule has 0 aliphatic heterocycles. The molecule has 0 N–H and O–H groups in total. The molecule has 0 rings (SSSR count). The lowest BCUT2D eigenvalue weighted by Crippen LogP contribution is -2.11. The summed E-state index contributed by atoms with van der Waals surface area (Å²) in [5.74, 6) is -0.698. The zero-order valence-electron chi connectivity index (χ0n) is 21.1. The molecular weight excluding hydrogens is 396 g/mol. The van der Waals surface area contributed by atoms with Crippen molar-refractivity contribution in [3.63, 3.8) is 0 Å². The number of allylic oxidation sites excluding steroid dienone is 6. The Morgan fingerprint density at radius 1 is 0.531 bits per heavy atom. The quantitative estimate of drug-likeness (QED) is 0.0720. The van der Waals surface area contributed by atoms with Crippen molar-refractivity contribution in [3.05, 3.63) is 36.5 Å². The molecule has 32 heavy (non-hydrogen) atoms. The minimum Gasteiger partial charge on any atom is -0.393 e. The van der Waals surface area contributed by atoms with Gasteiger partial charge in [-0.05, 0) is 44.9 Å². The Labute approximate surface area is 198 Å². The standard InChI is InChI=1S/C29H50O3/c1-3-5-7-9-11-13-14-15-16-17-18-19-21-23-25-27-29(31)32-28(30)26-24-22-20-12-10-8-6-4-2/h5,7,11,13,15-16H,3-4,6,8-10,12,14,17-27H2,1-2H3. The third-order valence-electron chi connectivity index (χ3n) is 5.49. The maximum Gasteiger partial charge on any atom is 0.313 e. The van der Waals surface area contributed by atoms with Gasteiger partial charge in [0.2, 0.25) is 0 Å². The van der Waals surface area contributed by atoms with Gasteiger partial charge in [-0.15, -0.1) is 0 Å². The molecule has 3 nitrogen and oxygen atoms in total. The van der Waals surface area contributed by atoms with Gasteiger partial charge in [0.15, 0.2) is 0 Å². The van der Waals surface area contributed by atoms with E-state index in [1.807, 2.05) is 0 Å². The van der Waals surface area contributed by atoms with E-state index < -0.39 is 0 Å². The second kappa shape index (κ2) is 25.6. The highest BCUT2D eigenvalue weighted by atomic mass is 16.6. The lowest BCUT2D eigenvalue weighted by molar-refractivity contribution is -0.159. The van der Waals surface area contributed by atoms with Crippen molar-refractivity contribution in [3.8, 4) is 0 Å². The third kappa shape index (κ3) is 24.6. The fourth-order valence-corrected chi connectivity index (χ4v) is 3.52. The molecule has 0 atom stereocenters. The predicted octanol–water partition coefficient (Wildman–Crippen LogP) is 9.18. The maximum absolute atomic E-state index is 11.8. The number of hydrogen-bond donors (Lipinski definition) is 0. The van der Waals surface area contributed by atoms with Gasteiger partial charge in [-0.25, -0.2) is 0 Å². The van der Waals surface area contributed by atoms with Gasteiger partial charge in [-0.2, -0.15) is 0 Å². The van der Waals surface area contributed by atoms with Crippen molar-refractivity contribution in [1.82, 2.24) is 0 Å². The Morgan fingerprint density at radius 2 is 0.969 bits per heavy atom. The van der Waals surface area contributed by atoms with E-state index in [-0.39, 0.29) is 11.9 Å². The molecule has 0 aliphatic rings. The van der Waals surface area contributed by atoms with E-state index in [1.165, 1.54) is 51.4 Å². The highest BCUT2D eigenvalue weighted by Crippen LogP contribution is 2.11. The Hall–Kier alpha value is -1.64. The first-order chi connectivity index (χ1) is 15.7. The highest BCUT2D eigenvalue weighted by Gasteiger charge is 2.09. The molecule has 184 valence electrons. The topological polar surface area (TPSA) is 43.4 Å². The second-order valence-corrected chi connectivity index (χ2v) is 8.67. The van der Waals surface area contributed by atoms with Crippen LogP contribution in [0.15, 0.2) is 36.5 Å². The molecule has 3 heteroatoms. The summed E-state index contributed by atoms with van der Waals surface area (Å²) < 4.78 is 4.93. The van der Waals surface area contributed by atoms with Crippen LogP contribution in [0.4, 0.5) is 0 Å². The fourth-order valence-electron chi connectivity index (χ4n) is 3.52. The lowest BCUT2D eigenvalue weighted by atomic mass is 10.1. The first-order valence-electron chi connectivity index (χ1n) is 13.4. The van der Waals surface area contributed by atoms with Crippen molar-refractivity contribution >= 4 is 11.9 Å². The van der Waals surface area contributed by atoms with Gasteiger partial charge in [-0.3, -0.25) is 9.59 Å². The van der Waals surface area contributed by atoms with Gasteiger partial charge in [0, 0.05) is 12.8 Å². The van der Waals surface area contributed by atoms with Crippen LogP contribution in [0.5, 0.6) is 0 Å². The average molecular weight is 447 g/mol. The minimum atomic E-state index is -0.351. The van der Waals surface area contributed by atoms with Crippen LogP contribution < -0.4 is 0 Å². The SMILES string of the molecule is CCC=CCC=CCC=CCCCCCCCC(=O)OC(=O)CCCCCCCCCC. The fraction of sp³-hybridized carbons (Fsp3) is 0.724. The van der Waals surface area contributed by atoms with Gasteiger partial charge in [0.1, 0.15) is 0 Å². The molecule has 0 aromatic heterocycles. The molecule has 0 unspecified atom stereocenters. The van der Waals surface area contributed by atoms with Gasteiger partial charge < -0.3 is 4.74 Å². The first kappa shape index (κ1) is 30.4. The largest absolute Gasteiger partial charge is 0.393 e. The smallest absolute Gasteiger partial charge is 0.313 e. The number of rotatable bonds is 22. The number of carbonyl (C=O) groups is 2. The van der Waals surface area contributed by atoms with Crippen LogP contribution in [0.1, 0.15) is 136 Å². The summed E-state index contributed by atoms with van der Waals surface area (Å²) in [7, 11) is 0. The van der Waals surface area contributed by atoms with Crippen molar-refractivity contribution in [2.24, 2.45) is 0 Å². The molecular formula is C29H50O3. The van der Waals surface area contributed by atoms with Crippen LogP contribution in [0.3, 0.4) is 0 Å². The van der Waals surface area contributed by atoms with Gasteiger partial charge >= 0.3 is 11.9 Å². The minimum absolute atomic E-state index is 0.347. The van der Waals surface area contributed by atoms with Gasteiger partial charge in [0.25, 0.3) is 0 Å². The van der Waals surface area contributed by atoms with E-state index in [9.17, 15) is 9.59 Å². The average Bonchev–Trinajstić information content (AvgIpc) is 2.78. The molecule has 0 aliphatic carbocycles. The molecule has 0 radical (unpaired) electrons. The summed E-state index contributed by atoms with van der Waals surface area (Å²) >= 11 is 0. The Bertz CT molecular complexity index is 516. The van der Waals surface area contributed by atoms with Crippen molar-refractivity contribution < 1.29 is 14.3 Å². The van der Waals surface area contributed by atoms with Gasteiger partial charge in [-0.1, -0.05) is 115 Å². The summed E-state index contributed by atoms with van der Waals surface area (Å²) in [6.07, 6.45) is 33.2. The zero-order chi connectivity index (χ0) is 23.5. The van der Waals surface area contributed by atoms with E-state index in [0.717, 1.165) is 57.8 Å². The van der Waals surface area contributed by atoms with Crippen LogP contribution >= 0.6 is 0 Å². The normalized spacial score (nSPS) is 11.8. The molecule has 0 amide bonds. The highest BCUT2D eigenvalue weighted by molar-refractivity contribution is 5.85. The van der Waals surface area contributed by atoms with Crippen LogP contribution in [-0.4, -0.2) is 11.9 Å². The lowest BCUT2D eigenvalue weighted by Gasteiger charge is -2.04. The Kier molecular flexibility index (Phi) is 24.3. The summed E-state index contributed by atoms with van der Waals surface area (Å²) in [6.45, 7) is 4.38. The number of esters is 2. The number of hydrogen-bond acceptors (Lipinski definition) is 3. The number of unbranched alkanes of at least 4 members (excludes halogenated alkanes) is 12. The monoisotopic (exact) mass is 446 g/mol. The molecule has 0 saturated carbocycles. The predicted molar refractivity (Wildman–Crippen MR) is 138 cm³/mol. The first-order valence-corrected chi connectivity index (χ1v) is 13.4. The molecule has 0 bridgehead atoms. The summed E-state index contributed by atoms with van der Waals surface area (Å²) in [6, 6.07) is 0. The Balaban J connectivity index is 3.42. The Morgan fingerprint density at radius 3 is 1.50 bits per heavy atom. The maximum atomic E-state index is 11.8. The van der Waals surface area contributed by atoms with Crippen LogP contribution in [0.25, 0.3) is 0 Å². The summed E-state index contributed by atoms with van der Waals surface area (Å²) in [5.41, 5.74) is 0. The van der Waals surface area contributed by atoms with Gasteiger partial charge in [0.05, 0.1) is 0 Å². The zero-order valence-corrected chi connectivity index (χ0v) is 21.1. The van der Waals surface area contributed by atoms with Crippen LogP contribution in [0, 0.1) is 0 Å². The molecule has 0 heterocycles. The van der Waals surface area contributed by atoms with Crippen LogP contribution in [0.2, 0.25) is 0 Å². The van der Waals surface area contributed by atoms with E-state index in [2.05, 4.69) is 50.3 Å². The molecule has 0 saturated heterocycles.